The number of amides is 2. The van der Waals surface area contributed by atoms with E-state index in [0.717, 1.165) is 34.1 Å². The lowest BCUT2D eigenvalue weighted by molar-refractivity contribution is -0.385. The van der Waals surface area contributed by atoms with E-state index in [9.17, 15) is 49.6 Å². The van der Waals surface area contributed by atoms with E-state index in [4.69, 9.17) is 18.9 Å². The van der Waals surface area contributed by atoms with Crippen molar-refractivity contribution in [3.63, 3.8) is 0 Å². The van der Waals surface area contributed by atoms with Crippen LogP contribution in [0.4, 0.5) is 11.4 Å². The number of ether oxygens (including phenoxy) is 4. The SMILES string of the molecule is C=C1CC(C(=O)O)N(C(=O)c2cc(OC)c(OCCCOc3cc([N+](=O)[O-])c(C(=O)N4CC(=C)C[C@H]4C(=O)O)cc3OC)cc2[N+](=O)[O-])C1. The Balaban J connectivity index is 1.48. The van der Waals surface area contributed by atoms with Crippen LogP contribution in [0.3, 0.4) is 0 Å². The lowest BCUT2D eigenvalue weighted by Gasteiger charge is -2.22. The summed E-state index contributed by atoms with van der Waals surface area (Å²) >= 11 is 0. The number of carboxylic acids is 2. The Kier molecular flexibility index (Phi) is 10.7. The van der Waals surface area contributed by atoms with Gasteiger partial charge in [0.15, 0.2) is 23.0 Å². The third-order valence-electron chi connectivity index (χ3n) is 7.82. The molecule has 2 N–H and O–H groups in total. The van der Waals surface area contributed by atoms with Crippen molar-refractivity contribution in [2.75, 3.05) is 40.5 Å². The number of methoxy groups -OCH3 is 2. The molecule has 0 saturated carbocycles. The molecule has 2 heterocycles. The summed E-state index contributed by atoms with van der Waals surface area (Å²) < 4.78 is 21.9. The van der Waals surface area contributed by atoms with Crippen LogP contribution in [0.15, 0.2) is 48.6 Å². The van der Waals surface area contributed by atoms with Crippen LogP contribution in [0.25, 0.3) is 0 Å². The molecule has 0 aliphatic carbocycles. The number of hydrogen-bond donors (Lipinski definition) is 2. The molecule has 260 valence electrons. The first-order valence-electron chi connectivity index (χ1n) is 14.6. The molecule has 2 aromatic carbocycles. The number of nitro benzene ring substituents is 2. The Labute approximate surface area is 278 Å². The second-order valence-corrected chi connectivity index (χ2v) is 11.1. The van der Waals surface area contributed by atoms with E-state index in [1.807, 2.05) is 0 Å². The summed E-state index contributed by atoms with van der Waals surface area (Å²) in [5.41, 5.74) is -1.12. The second-order valence-electron chi connectivity index (χ2n) is 11.1. The summed E-state index contributed by atoms with van der Waals surface area (Å²) in [4.78, 5) is 74.0. The van der Waals surface area contributed by atoms with E-state index in [1.165, 1.54) is 14.2 Å². The van der Waals surface area contributed by atoms with Crippen LogP contribution >= 0.6 is 0 Å². The highest BCUT2D eigenvalue weighted by atomic mass is 16.6. The molecule has 49 heavy (non-hydrogen) atoms. The van der Waals surface area contributed by atoms with Gasteiger partial charge in [0, 0.05) is 44.5 Å². The molecule has 1 unspecified atom stereocenters. The van der Waals surface area contributed by atoms with Crippen LogP contribution < -0.4 is 18.9 Å². The van der Waals surface area contributed by atoms with Gasteiger partial charge < -0.3 is 39.0 Å². The molecule has 2 aliphatic rings. The van der Waals surface area contributed by atoms with Gasteiger partial charge in [0.25, 0.3) is 23.2 Å². The third-order valence-corrected chi connectivity index (χ3v) is 7.82. The molecule has 18 heteroatoms. The maximum absolute atomic E-state index is 13.2. The molecule has 2 atom stereocenters. The van der Waals surface area contributed by atoms with Gasteiger partial charge in [-0.2, -0.15) is 0 Å². The Bertz CT molecular complexity index is 1630. The van der Waals surface area contributed by atoms with E-state index in [-0.39, 0.29) is 68.6 Å². The summed E-state index contributed by atoms with van der Waals surface area (Å²) in [6.07, 6.45) is 0.153. The highest BCUT2D eigenvalue weighted by molar-refractivity contribution is 6.02. The smallest absolute Gasteiger partial charge is 0.326 e. The quantitative estimate of drug-likeness (QED) is 0.126. The molecule has 2 saturated heterocycles. The van der Waals surface area contributed by atoms with Crippen molar-refractivity contribution < 1.29 is 58.2 Å². The van der Waals surface area contributed by atoms with E-state index in [1.54, 1.807) is 0 Å². The van der Waals surface area contributed by atoms with E-state index < -0.39 is 68.2 Å². The lowest BCUT2D eigenvalue weighted by atomic mass is 10.1. The number of likely N-dealkylation sites (tertiary alicyclic amines) is 2. The molecule has 2 amide bonds. The van der Waals surface area contributed by atoms with Crippen LogP contribution in [0.1, 0.15) is 40.0 Å². The molecule has 0 radical (unpaired) electrons. The maximum Gasteiger partial charge on any atom is 0.326 e. The fraction of sp³-hybridized carbons (Fsp3) is 0.355. The molecule has 0 spiro atoms. The van der Waals surface area contributed by atoms with E-state index in [2.05, 4.69) is 13.2 Å². The Hall–Kier alpha value is -6.20. The van der Waals surface area contributed by atoms with Crippen molar-refractivity contribution in [1.29, 1.82) is 0 Å². The van der Waals surface area contributed by atoms with Crippen molar-refractivity contribution in [3.8, 4) is 23.0 Å². The summed E-state index contributed by atoms with van der Waals surface area (Å²) in [6, 6.07) is 1.70. The Morgan fingerprint density at radius 2 is 1.10 bits per heavy atom. The number of carboxylic acid groups (broad SMARTS) is 2. The van der Waals surface area contributed by atoms with Crippen molar-refractivity contribution in [2.24, 2.45) is 0 Å². The first-order valence-corrected chi connectivity index (χ1v) is 14.6. The highest BCUT2D eigenvalue weighted by Crippen LogP contribution is 2.38. The molecule has 4 rings (SSSR count). The van der Waals surface area contributed by atoms with Gasteiger partial charge in [0.05, 0.1) is 49.4 Å². The second kappa shape index (κ2) is 14.7. The minimum atomic E-state index is -1.27. The van der Waals surface area contributed by atoms with Crippen molar-refractivity contribution in [2.45, 2.75) is 31.3 Å². The fourth-order valence-electron chi connectivity index (χ4n) is 5.49. The molecular weight excluding hydrogens is 652 g/mol. The summed E-state index contributed by atoms with van der Waals surface area (Å²) in [6.45, 7) is 7.07. The first-order chi connectivity index (χ1) is 23.2. The molecular formula is C31H32N4O14. The number of carbonyl (C=O) groups excluding carboxylic acids is 2. The van der Waals surface area contributed by atoms with Gasteiger partial charge in [0.1, 0.15) is 23.2 Å². The summed E-state index contributed by atoms with van der Waals surface area (Å²) in [7, 11) is 2.50. The summed E-state index contributed by atoms with van der Waals surface area (Å²) in [5.74, 6) is -4.59. The molecule has 18 nitrogen and oxygen atoms in total. The van der Waals surface area contributed by atoms with Crippen molar-refractivity contribution >= 4 is 35.1 Å². The van der Waals surface area contributed by atoms with Gasteiger partial charge in [-0.25, -0.2) is 9.59 Å². The monoisotopic (exact) mass is 684 g/mol. The average molecular weight is 685 g/mol. The maximum atomic E-state index is 13.2. The Morgan fingerprint density at radius 3 is 1.41 bits per heavy atom. The molecule has 0 bridgehead atoms. The zero-order valence-electron chi connectivity index (χ0n) is 26.4. The van der Waals surface area contributed by atoms with Crippen LogP contribution in [-0.2, 0) is 9.59 Å². The van der Waals surface area contributed by atoms with E-state index >= 15 is 0 Å². The van der Waals surface area contributed by atoms with Crippen LogP contribution in [0.2, 0.25) is 0 Å². The molecule has 2 aromatic rings. The molecule has 2 aliphatic heterocycles. The van der Waals surface area contributed by atoms with E-state index in [0.29, 0.717) is 11.1 Å². The number of rotatable bonds is 14. The third kappa shape index (κ3) is 7.53. The average Bonchev–Trinajstić information content (AvgIpc) is 3.66. The highest BCUT2D eigenvalue weighted by Gasteiger charge is 2.40. The number of nitrogens with zero attached hydrogens (tertiary/aromatic N) is 4. The van der Waals surface area contributed by atoms with Gasteiger partial charge >= 0.3 is 11.9 Å². The first kappa shape index (κ1) is 35.7. The number of benzene rings is 2. The fourth-order valence-corrected chi connectivity index (χ4v) is 5.49. The summed E-state index contributed by atoms with van der Waals surface area (Å²) in [5, 5.41) is 42.9. The number of hydrogen-bond acceptors (Lipinski definition) is 12. The van der Waals surface area contributed by atoms with Gasteiger partial charge in [0.2, 0.25) is 0 Å². The van der Waals surface area contributed by atoms with Crippen molar-refractivity contribution in [3.05, 3.63) is 79.9 Å². The minimum Gasteiger partial charge on any atom is -0.493 e. The van der Waals surface area contributed by atoms with Gasteiger partial charge in [-0.3, -0.25) is 29.8 Å². The molecule has 2 fully saturated rings. The molecule has 0 aromatic heterocycles. The van der Waals surface area contributed by atoms with Crippen molar-refractivity contribution in [1.82, 2.24) is 9.80 Å². The standard InChI is InChI=1S/C31H32N4O14/c1-16-8-22(30(38)39)32(14-16)28(36)18-10-24(46-3)26(12-20(18)34(42)43)48-6-5-7-49-27-13-21(35(44)45)19(11-25(27)47-4)29(37)33-15-17(2)9-23(33)31(40)41/h10-13,22-23H,1-2,5-9,14-15H2,3-4H3,(H,38,39)(H,40,41)/t22-,23?/m0/s1. The zero-order chi connectivity index (χ0) is 36.2. The number of aliphatic carboxylic acids is 2. The minimum absolute atomic E-state index is 0.0130. The number of nitro groups is 2. The van der Waals surface area contributed by atoms with Gasteiger partial charge in [-0.15, -0.1) is 0 Å². The van der Waals surface area contributed by atoms with Gasteiger partial charge in [-0.05, 0) is 0 Å². The topological polar surface area (TPSA) is 238 Å². The predicted molar refractivity (Wildman–Crippen MR) is 167 cm³/mol. The number of carbonyl (C=O) groups is 4. The van der Waals surface area contributed by atoms with Crippen LogP contribution in [0, 0.1) is 20.2 Å². The predicted octanol–water partition coefficient (Wildman–Crippen LogP) is 3.08. The van der Waals surface area contributed by atoms with Crippen LogP contribution in [-0.4, -0.2) is 106 Å². The lowest BCUT2D eigenvalue weighted by Crippen LogP contribution is -2.40. The van der Waals surface area contributed by atoms with Crippen LogP contribution in [0.5, 0.6) is 23.0 Å². The zero-order valence-corrected chi connectivity index (χ0v) is 26.4. The Morgan fingerprint density at radius 1 is 0.735 bits per heavy atom. The normalized spacial score (nSPS) is 17.1. The van der Waals surface area contributed by atoms with Gasteiger partial charge in [-0.1, -0.05) is 24.3 Å². The largest absolute Gasteiger partial charge is 0.493 e.